The van der Waals surface area contributed by atoms with Gasteiger partial charge in [-0.1, -0.05) is 42.5 Å². The van der Waals surface area contributed by atoms with Gasteiger partial charge in [0.05, 0.1) is 5.56 Å². The summed E-state index contributed by atoms with van der Waals surface area (Å²) in [5.74, 6) is 0.684. The molecule has 19 heavy (non-hydrogen) atoms. The van der Waals surface area contributed by atoms with Crippen molar-refractivity contribution >= 4 is 5.78 Å². The number of hydrogen-bond donors (Lipinski definition) is 0. The molecule has 1 fully saturated rings. The van der Waals surface area contributed by atoms with Crippen LogP contribution in [0, 0.1) is 0 Å². The van der Waals surface area contributed by atoms with Crippen LogP contribution in [0.5, 0.6) is 5.75 Å². The summed E-state index contributed by atoms with van der Waals surface area (Å²) < 4.78 is 11.4. The van der Waals surface area contributed by atoms with Crippen LogP contribution < -0.4 is 4.74 Å². The summed E-state index contributed by atoms with van der Waals surface area (Å²) in [5.41, 5.74) is 0.835. The van der Waals surface area contributed by atoms with Crippen LogP contribution in [0.3, 0.4) is 0 Å². The summed E-state index contributed by atoms with van der Waals surface area (Å²) in [4.78, 5) is 12.6. The van der Waals surface area contributed by atoms with Crippen LogP contribution in [0.4, 0.5) is 0 Å². The second kappa shape index (κ2) is 3.68. The Balaban J connectivity index is 1.71. The molecular formula is C16H12O3. The average molecular weight is 252 g/mol. The minimum atomic E-state index is -0.810. The van der Waals surface area contributed by atoms with E-state index in [9.17, 15) is 4.79 Å². The van der Waals surface area contributed by atoms with Crippen molar-refractivity contribution in [3.05, 3.63) is 65.7 Å². The van der Waals surface area contributed by atoms with Gasteiger partial charge in [0, 0.05) is 0 Å². The monoisotopic (exact) mass is 252 g/mol. The minimum Gasteiger partial charge on any atom is -0.489 e. The summed E-state index contributed by atoms with van der Waals surface area (Å²) >= 11 is 0. The molecule has 2 aliphatic heterocycles. The molecule has 0 aromatic heterocycles. The highest BCUT2D eigenvalue weighted by atomic mass is 16.6. The Labute approximate surface area is 110 Å². The number of benzene rings is 2. The van der Waals surface area contributed by atoms with Crippen molar-refractivity contribution in [3.63, 3.8) is 0 Å². The summed E-state index contributed by atoms with van der Waals surface area (Å²) in [7, 11) is 0. The zero-order valence-electron chi connectivity index (χ0n) is 10.2. The van der Waals surface area contributed by atoms with Gasteiger partial charge in [-0.2, -0.15) is 0 Å². The van der Waals surface area contributed by atoms with Gasteiger partial charge in [0.2, 0.25) is 5.78 Å². The number of rotatable bonds is 1. The summed E-state index contributed by atoms with van der Waals surface area (Å²) in [6.45, 7) is 0.294. The van der Waals surface area contributed by atoms with E-state index in [2.05, 4.69) is 0 Å². The molecule has 0 bridgehead atoms. The van der Waals surface area contributed by atoms with E-state index in [1.807, 2.05) is 48.5 Å². The molecule has 94 valence electrons. The maximum Gasteiger partial charge on any atom is 0.205 e. The van der Waals surface area contributed by atoms with E-state index in [0.717, 1.165) is 5.56 Å². The zero-order chi connectivity index (χ0) is 12.9. The quantitative estimate of drug-likeness (QED) is 0.732. The summed E-state index contributed by atoms with van der Waals surface area (Å²) in [6, 6.07) is 17.1. The molecule has 2 aromatic rings. The van der Waals surface area contributed by atoms with Gasteiger partial charge in [0.25, 0.3) is 0 Å². The van der Waals surface area contributed by atoms with Gasteiger partial charge in [-0.05, 0) is 17.7 Å². The normalized spacial score (nSPS) is 27.8. The Bertz CT molecular complexity index is 650. The van der Waals surface area contributed by atoms with Crippen LogP contribution in [-0.4, -0.2) is 18.0 Å². The summed E-state index contributed by atoms with van der Waals surface area (Å²) in [5, 5.41) is 0. The molecule has 1 saturated heterocycles. The maximum atomic E-state index is 12.6. The molecule has 2 heterocycles. The Morgan fingerprint density at radius 2 is 1.74 bits per heavy atom. The molecule has 2 aliphatic rings. The Morgan fingerprint density at radius 3 is 2.58 bits per heavy atom. The molecule has 3 heteroatoms. The van der Waals surface area contributed by atoms with Crippen molar-refractivity contribution in [2.45, 2.75) is 11.7 Å². The zero-order valence-corrected chi connectivity index (χ0v) is 10.2. The van der Waals surface area contributed by atoms with Crippen molar-refractivity contribution in [3.8, 4) is 5.75 Å². The van der Waals surface area contributed by atoms with E-state index in [-0.39, 0.29) is 11.9 Å². The van der Waals surface area contributed by atoms with Gasteiger partial charge >= 0.3 is 0 Å². The molecular weight excluding hydrogens is 240 g/mol. The van der Waals surface area contributed by atoms with Gasteiger partial charge in [-0.25, -0.2) is 0 Å². The van der Waals surface area contributed by atoms with Gasteiger partial charge in [0.15, 0.2) is 5.60 Å². The van der Waals surface area contributed by atoms with Crippen molar-refractivity contribution in [1.29, 1.82) is 0 Å². The van der Waals surface area contributed by atoms with Crippen LogP contribution >= 0.6 is 0 Å². The molecule has 0 aliphatic carbocycles. The number of epoxide rings is 1. The number of carbonyl (C=O) groups excluding carboxylic acids is 1. The predicted octanol–water partition coefficient (Wildman–Crippen LogP) is 2.77. The highest BCUT2D eigenvalue weighted by Crippen LogP contribution is 2.54. The van der Waals surface area contributed by atoms with E-state index in [1.54, 1.807) is 6.07 Å². The average Bonchev–Trinajstić information content (AvgIpc) is 3.20. The Morgan fingerprint density at radius 1 is 1.00 bits per heavy atom. The topological polar surface area (TPSA) is 38.8 Å². The lowest BCUT2D eigenvalue weighted by molar-refractivity contribution is 0.0755. The first kappa shape index (κ1) is 10.8. The molecule has 0 N–H and O–H groups in total. The van der Waals surface area contributed by atoms with Gasteiger partial charge in [-0.3, -0.25) is 4.79 Å². The lowest BCUT2D eigenvalue weighted by Gasteiger charge is -2.21. The van der Waals surface area contributed by atoms with Crippen molar-refractivity contribution in [1.82, 2.24) is 0 Å². The standard InChI is InChI=1S/C16H12O3/c17-14-12-8-4-5-9-13(12)18-10-16(14)15(19-16)11-6-2-1-3-7-11/h1-9,15H,10H2/t15-,16-/m1/s1. The van der Waals surface area contributed by atoms with Gasteiger partial charge in [0.1, 0.15) is 18.5 Å². The van der Waals surface area contributed by atoms with E-state index < -0.39 is 5.60 Å². The molecule has 0 amide bonds. The minimum absolute atomic E-state index is 0.0307. The molecule has 0 radical (unpaired) electrons. The van der Waals surface area contributed by atoms with Crippen molar-refractivity contribution in [2.24, 2.45) is 0 Å². The van der Waals surface area contributed by atoms with E-state index in [1.165, 1.54) is 0 Å². The second-order valence-electron chi connectivity index (χ2n) is 4.91. The first-order valence-electron chi connectivity index (χ1n) is 6.31. The largest absolute Gasteiger partial charge is 0.489 e. The smallest absolute Gasteiger partial charge is 0.205 e. The fraction of sp³-hybridized carbons (Fsp3) is 0.188. The first-order chi connectivity index (χ1) is 9.31. The fourth-order valence-corrected chi connectivity index (χ4v) is 2.68. The predicted molar refractivity (Wildman–Crippen MR) is 69.3 cm³/mol. The van der Waals surface area contributed by atoms with Crippen LogP contribution in [0.25, 0.3) is 0 Å². The first-order valence-corrected chi connectivity index (χ1v) is 6.31. The van der Waals surface area contributed by atoms with Crippen LogP contribution in [0.1, 0.15) is 22.0 Å². The summed E-state index contributed by atoms with van der Waals surface area (Å²) in [6.07, 6.45) is -0.186. The number of para-hydroxylation sites is 1. The van der Waals surface area contributed by atoms with E-state index in [4.69, 9.17) is 9.47 Å². The third-order valence-corrected chi connectivity index (χ3v) is 3.75. The number of ether oxygens (including phenoxy) is 2. The van der Waals surface area contributed by atoms with E-state index in [0.29, 0.717) is 17.9 Å². The van der Waals surface area contributed by atoms with Crippen LogP contribution in [0.15, 0.2) is 54.6 Å². The molecule has 1 spiro atoms. The lowest BCUT2D eigenvalue weighted by atomic mass is 9.89. The van der Waals surface area contributed by atoms with Crippen LogP contribution in [-0.2, 0) is 4.74 Å². The molecule has 0 unspecified atom stereocenters. The van der Waals surface area contributed by atoms with Gasteiger partial charge < -0.3 is 9.47 Å². The molecule has 3 nitrogen and oxygen atoms in total. The second-order valence-corrected chi connectivity index (χ2v) is 4.91. The molecule has 2 aromatic carbocycles. The van der Waals surface area contributed by atoms with Crippen LogP contribution in [0.2, 0.25) is 0 Å². The number of Topliss-reactive ketones (excluding diaryl/α,β-unsaturated/α-hetero) is 1. The number of fused-ring (bicyclic) bond motifs is 1. The number of hydrogen-bond acceptors (Lipinski definition) is 3. The highest BCUT2D eigenvalue weighted by Gasteiger charge is 2.65. The lowest BCUT2D eigenvalue weighted by Crippen LogP contribution is -2.37. The number of ketones is 1. The van der Waals surface area contributed by atoms with E-state index >= 15 is 0 Å². The molecule has 0 saturated carbocycles. The molecule has 4 rings (SSSR count). The highest BCUT2D eigenvalue weighted by molar-refractivity contribution is 6.07. The van der Waals surface area contributed by atoms with Crippen molar-refractivity contribution in [2.75, 3.05) is 6.61 Å². The third-order valence-electron chi connectivity index (χ3n) is 3.75. The number of carbonyl (C=O) groups is 1. The molecule has 2 atom stereocenters. The van der Waals surface area contributed by atoms with Crippen molar-refractivity contribution < 1.29 is 14.3 Å². The Kier molecular flexibility index (Phi) is 2.09. The Hall–Kier alpha value is -2.13. The maximum absolute atomic E-state index is 12.6. The fourth-order valence-electron chi connectivity index (χ4n) is 2.68. The SMILES string of the molecule is O=C1c2ccccc2OC[C@@]12O[C@@H]2c1ccccc1. The third kappa shape index (κ3) is 1.45. The van der Waals surface area contributed by atoms with Gasteiger partial charge in [-0.15, -0.1) is 0 Å².